The van der Waals surface area contributed by atoms with Gasteiger partial charge in [-0.3, -0.25) is 10.1 Å². The minimum atomic E-state index is -3.45. The second-order valence-corrected chi connectivity index (χ2v) is 6.56. The molecular weight excluding hydrogens is 270 g/mol. The molecule has 1 aromatic carbocycles. The van der Waals surface area contributed by atoms with Crippen LogP contribution in [0.4, 0.5) is 11.4 Å². The average Bonchev–Trinajstić information content (AvgIpc) is 2.27. The molecule has 0 aliphatic rings. The highest BCUT2D eigenvalue weighted by molar-refractivity contribution is 7.91. The van der Waals surface area contributed by atoms with Crippen molar-refractivity contribution in [2.75, 3.05) is 32.1 Å². The van der Waals surface area contributed by atoms with Crippen LogP contribution in [0.25, 0.3) is 0 Å². The molecule has 0 aromatic heterocycles. The van der Waals surface area contributed by atoms with Crippen LogP contribution < -0.4 is 5.73 Å². The van der Waals surface area contributed by atoms with Crippen molar-refractivity contribution < 1.29 is 13.3 Å². The van der Waals surface area contributed by atoms with E-state index in [1.54, 1.807) is 0 Å². The Labute approximate surface area is 112 Å². The van der Waals surface area contributed by atoms with Crippen LogP contribution in [-0.4, -0.2) is 44.6 Å². The molecule has 0 saturated heterocycles. The second kappa shape index (κ2) is 5.98. The van der Waals surface area contributed by atoms with Crippen molar-refractivity contribution in [3.05, 3.63) is 28.3 Å². The van der Waals surface area contributed by atoms with E-state index >= 15 is 0 Å². The minimum Gasteiger partial charge on any atom is -0.393 e. The summed E-state index contributed by atoms with van der Waals surface area (Å²) in [5.41, 5.74) is 5.06. The third kappa shape index (κ3) is 4.18. The highest BCUT2D eigenvalue weighted by Gasteiger charge is 2.18. The highest BCUT2D eigenvalue weighted by atomic mass is 32.2. The highest BCUT2D eigenvalue weighted by Crippen LogP contribution is 2.25. The summed E-state index contributed by atoms with van der Waals surface area (Å²) in [7, 11) is 0.265. The Hall–Kier alpha value is -1.67. The number of benzene rings is 1. The van der Waals surface area contributed by atoms with Gasteiger partial charge in [0.05, 0.1) is 15.6 Å². The van der Waals surface area contributed by atoms with E-state index in [2.05, 4.69) is 0 Å². The molecular formula is C11H17N3O4S. The number of anilines is 1. The first-order valence-electron chi connectivity index (χ1n) is 5.65. The van der Waals surface area contributed by atoms with Crippen LogP contribution in [0, 0.1) is 10.1 Å². The van der Waals surface area contributed by atoms with Gasteiger partial charge in [-0.1, -0.05) is 0 Å². The molecule has 0 bridgehead atoms. The first-order valence-corrected chi connectivity index (χ1v) is 7.30. The molecule has 0 aliphatic heterocycles. The molecule has 0 heterocycles. The number of hydrogen-bond acceptors (Lipinski definition) is 6. The number of nitrogen functional groups attached to an aromatic ring is 1. The first-order chi connectivity index (χ1) is 8.74. The van der Waals surface area contributed by atoms with Crippen LogP contribution in [0.15, 0.2) is 23.1 Å². The van der Waals surface area contributed by atoms with E-state index < -0.39 is 14.8 Å². The lowest BCUT2D eigenvalue weighted by Gasteiger charge is -2.09. The maximum Gasteiger partial charge on any atom is 0.292 e. The summed E-state index contributed by atoms with van der Waals surface area (Å²) in [5, 5.41) is 10.6. The summed E-state index contributed by atoms with van der Waals surface area (Å²) >= 11 is 0. The van der Waals surface area contributed by atoms with Gasteiger partial charge in [0.25, 0.3) is 5.69 Å². The van der Waals surface area contributed by atoms with E-state index in [9.17, 15) is 18.5 Å². The number of sulfone groups is 1. The Balaban J connectivity index is 2.90. The third-order valence-electron chi connectivity index (χ3n) is 2.57. The molecule has 2 N–H and O–H groups in total. The van der Waals surface area contributed by atoms with Crippen molar-refractivity contribution in [2.45, 2.75) is 11.3 Å². The molecule has 8 heteroatoms. The molecule has 0 aliphatic carbocycles. The second-order valence-electron chi connectivity index (χ2n) is 4.45. The fourth-order valence-corrected chi connectivity index (χ4v) is 2.91. The van der Waals surface area contributed by atoms with Crippen molar-refractivity contribution >= 4 is 21.2 Å². The maximum absolute atomic E-state index is 12.0. The largest absolute Gasteiger partial charge is 0.393 e. The van der Waals surface area contributed by atoms with Gasteiger partial charge in [-0.2, -0.15) is 0 Å². The van der Waals surface area contributed by atoms with Crippen molar-refractivity contribution in [2.24, 2.45) is 0 Å². The predicted molar refractivity (Wildman–Crippen MR) is 72.7 cm³/mol. The third-order valence-corrected chi connectivity index (χ3v) is 4.37. The number of nitro benzene ring substituents is 1. The molecule has 106 valence electrons. The molecule has 0 radical (unpaired) electrons. The Kier molecular flexibility index (Phi) is 4.84. The molecule has 0 unspecified atom stereocenters. The van der Waals surface area contributed by atoms with Crippen LogP contribution in [-0.2, 0) is 9.84 Å². The van der Waals surface area contributed by atoms with Crippen molar-refractivity contribution in [3.63, 3.8) is 0 Å². The van der Waals surface area contributed by atoms with Gasteiger partial charge < -0.3 is 10.6 Å². The summed E-state index contributed by atoms with van der Waals surface area (Å²) in [6.07, 6.45) is 0.492. The lowest BCUT2D eigenvalue weighted by molar-refractivity contribution is -0.383. The zero-order chi connectivity index (χ0) is 14.6. The van der Waals surface area contributed by atoms with E-state index in [4.69, 9.17) is 5.73 Å². The first kappa shape index (κ1) is 15.4. The molecule has 0 atom stereocenters. The van der Waals surface area contributed by atoms with E-state index in [1.165, 1.54) is 6.07 Å². The molecule has 0 saturated carbocycles. The number of rotatable bonds is 6. The van der Waals surface area contributed by atoms with Gasteiger partial charge in [0.15, 0.2) is 9.84 Å². The summed E-state index contributed by atoms with van der Waals surface area (Å²) in [5.74, 6) is -0.0115. The Bertz CT molecular complexity index is 569. The zero-order valence-corrected chi connectivity index (χ0v) is 11.7. The Morgan fingerprint density at radius 1 is 1.37 bits per heavy atom. The van der Waals surface area contributed by atoms with Crippen LogP contribution in [0.3, 0.4) is 0 Å². The molecule has 1 rings (SSSR count). The van der Waals surface area contributed by atoms with Gasteiger partial charge in [-0.15, -0.1) is 0 Å². The van der Waals surface area contributed by atoms with Gasteiger partial charge in [0.2, 0.25) is 0 Å². The molecule has 1 aromatic rings. The van der Waals surface area contributed by atoms with Crippen molar-refractivity contribution in [1.29, 1.82) is 0 Å². The number of nitrogens with zero attached hydrogens (tertiary/aromatic N) is 2. The normalized spacial score (nSPS) is 11.7. The topological polar surface area (TPSA) is 107 Å². The number of nitro groups is 1. The van der Waals surface area contributed by atoms with E-state index in [-0.39, 0.29) is 22.0 Å². The van der Waals surface area contributed by atoms with Crippen molar-refractivity contribution in [3.8, 4) is 0 Å². The summed E-state index contributed by atoms with van der Waals surface area (Å²) in [6, 6.07) is 3.48. The Morgan fingerprint density at radius 2 is 2.00 bits per heavy atom. The van der Waals surface area contributed by atoms with Gasteiger partial charge in [0.1, 0.15) is 5.69 Å². The molecule has 0 amide bonds. The van der Waals surface area contributed by atoms with Crippen LogP contribution in [0.5, 0.6) is 0 Å². The van der Waals surface area contributed by atoms with E-state index in [0.29, 0.717) is 13.0 Å². The van der Waals surface area contributed by atoms with Crippen LogP contribution in [0.1, 0.15) is 6.42 Å². The molecule has 0 spiro atoms. The van der Waals surface area contributed by atoms with Gasteiger partial charge >= 0.3 is 0 Å². The predicted octanol–water partition coefficient (Wildman–Crippen LogP) is 0.902. The van der Waals surface area contributed by atoms with Crippen LogP contribution in [0.2, 0.25) is 0 Å². The van der Waals surface area contributed by atoms with Gasteiger partial charge in [-0.25, -0.2) is 8.42 Å². The average molecular weight is 287 g/mol. The van der Waals surface area contributed by atoms with Crippen molar-refractivity contribution in [1.82, 2.24) is 4.90 Å². The van der Waals surface area contributed by atoms with Gasteiger partial charge in [0, 0.05) is 6.07 Å². The van der Waals surface area contributed by atoms with Gasteiger partial charge in [-0.05, 0) is 39.2 Å². The maximum atomic E-state index is 12.0. The molecule has 19 heavy (non-hydrogen) atoms. The molecule has 0 fully saturated rings. The van der Waals surface area contributed by atoms with E-state index in [1.807, 2.05) is 19.0 Å². The zero-order valence-electron chi connectivity index (χ0n) is 10.9. The summed E-state index contributed by atoms with van der Waals surface area (Å²) < 4.78 is 24.0. The summed E-state index contributed by atoms with van der Waals surface area (Å²) in [4.78, 5) is 11.9. The lowest BCUT2D eigenvalue weighted by Crippen LogP contribution is -2.17. The smallest absolute Gasteiger partial charge is 0.292 e. The fourth-order valence-electron chi connectivity index (χ4n) is 1.58. The van der Waals surface area contributed by atoms with Crippen LogP contribution >= 0.6 is 0 Å². The monoisotopic (exact) mass is 287 g/mol. The number of nitrogens with two attached hydrogens (primary N) is 1. The quantitative estimate of drug-likeness (QED) is 0.473. The summed E-state index contributed by atoms with van der Waals surface area (Å²) in [6.45, 7) is 0.654. The minimum absolute atomic E-state index is 0.0115. The lowest BCUT2D eigenvalue weighted by atomic mass is 10.3. The number of hydrogen-bond donors (Lipinski definition) is 1. The molecule has 7 nitrogen and oxygen atoms in total. The van der Waals surface area contributed by atoms with E-state index in [0.717, 1.165) is 12.1 Å². The fraction of sp³-hybridized carbons (Fsp3) is 0.455. The Morgan fingerprint density at radius 3 is 2.47 bits per heavy atom. The SMILES string of the molecule is CN(C)CCCS(=O)(=O)c1ccc([N+](=O)[O-])c(N)c1. The standard InChI is InChI=1S/C11H17N3O4S/c1-13(2)6-3-7-19(17,18)9-4-5-11(14(15)16)10(12)8-9/h4-5,8H,3,6-7,12H2,1-2H3.